The molecule has 2 aliphatic carbocycles. The Labute approximate surface area is 208 Å². The summed E-state index contributed by atoms with van der Waals surface area (Å²) >= 11 is 0. The SMILES string of the molecule is CC1(C)COC2=[N+]1[B-]1(c3ccccc3)[C@H]3[C@@H]4CC[C@@H](C4)[C@H]3[B-]2(c2ccccc2)C2=[N+]1C(C)(C)CO2. The summed E-state index contributed by atoms with van der Waals surface area (Å²) in [5, 5.41) is 0. The van der Waals surface area contributed by atoms with Gasteiger partial charge in [-0.3, -0.25) is 0 Å². The van der Waals surface area contributed by atoms with Gasteiger partial charge in [0.05, 0.1) is 0 Å². The smallest absolute Gasteiger partial charge is 0.478 e. The summed E-state index contributed by atoms with van der Waals surface area (Å²) in [6.45, 7) is 11.1. The van der Waals surface area contributed by atoms with E-state index in [0.717, 1.165) is 25.0 Å². The van der Waals surface area contributed by atoms with Gasteiger partial charge in [0.25, 0.3) is 0 Å². The minimum atomic E-state index is -1.32. The number of fused-ring (bicyclic) bond motifs is 2. The quantitative estimate of drug-likeness (QED) is 0.634. The molecule has 5 heterocycles. The Bertz CT molecular complexity index is 1270. The molecule has 0 amide bonds. The number of hydrogen-bond acceptors (Lipinski definition) is 2. The molecule has 5 aliphatic heterocycles. The summed E-state index contributed by atoms with van der Waals surface area (Å²) in [5.74, 6) is 5.19. The number of ether oxygens (including phenoxy) is 2. The van der Waals surface area contributed by atoms with Crippen molar-refractivity contribution in [2.75, 3.05) is 13.2 Å². The first kappa shape index (κ1) is 20.7. The maximum absolute atomic E-state index is 6.96. The van der Waals surface area contributed by atoms with E-state index in [9.17, 15) is 0 Å². The summed E-state index contributed by atoms with van der Waals surface area (Å²) in [6, 6.07) is 22.8. The Morgan fingerprint density at radius 3 is 1.71 bits per heavy atom. The maximum atomic E-state index is 6.96. The zero-order valence-corrected chi connectivity index (χ0v) is 21.5. The van der Waals surface area contributed by atoms with E-state index in [2.05, 4.69) is 97.3 Å². The predicted molar refractivity (Wildman–Crippen MR) is 143 cm³/mol. The van der Waals surface area contributed by atoms with E-state index < -0.39 is 12.6 Å². The second-order valence-corrected chi connectivity index (χ2v) is 13.7. The molecular weight excluding hydrogens is 430 g/mol. The number of rotatable bonds is 2. The molecule has 4 nitrogen and oxygen atoms in total. The minimum absolute atomic E-state index is 0.0794. The molecule has 0 saturated heterocycles. The lowest BCUT2D eigenvalue weighted by atomic mass is 9.03. The van der Waals surface area contributed by atoms with Crippen molar-refractivity contribution in [1.82, 2.24) is 0 Å². The molecule has 9 rings (SSSR count). The van der Waals surface area contributed by atoms with E-state index in [1.54, 1.807) is 0 Å². The highest BCUT2D eigenvalue weighted by Crippen LogP contribution is 2.70. The van der Waals surface area contributed by atoms with Crippen LogP contribution in [0.25, 0.3) is 0 Å². The van der Waals surface area contributed by atoms with Crippen molar-refractivity contribution in [3.05, 3.63) is 60.7 Å². The lowest BCUT2D eigenvalue weighted by Gasteiger charge is -2.63. The number of nitrogens with zero attached hydrogens (tertiary/aromatic N) is 2. The van der Waals surface area contributed by atoms with Crippen LogP contribution in [0.5, 0.6) is 0 Å². The average Bonchev–Trinajstić information content (AvgIpc) is 3.64. The predicted octanol–water partition coefficient (Wildman–Crippen LogP) is 3.41. The summed E-state index contributed by atoms with van der Waals surface area (Å²) in [7, 11) is 0. The summed E-state index contributed by atoms with van der Waals surface area (Å²) in [6.07, 6.45) is 1.50. The molecule has 35 heavy (non-hydrogen) atoms. The van der Waals surface area contributed by atoms with Crippen molar-refractivity contribution >= 4 is 35.1 Å². The molecule has 180 valence electrons. The molecule has 2 saturated carbocycles. The van der Waals surface area contributed by atoms with Gasteiger partial charge in [-0.05, 0) is 33.5 Å². The molecule has 7 aliphatic rings. The molecule has 2 aromatic rings. The van der Waals surface area contributed by atoms with Gasteiger partial charge in [-0.1, -0.05) is 97.2 Å². The van der Waals surface area contributed by atoms with Crippen LogP contribution in [0.3, 0.4) is 0 Å². The fourth-order valence-corrected chi connectivity index (χ4v) is 10.8. The first-order valence-corrected chi connectivity index (χ1v) is 13.9. The van der Waals surface area contributed by atoms with E-state index in [0.29, 0.717) is 11.6 Å². The number of benzene rings is 2. The zero-order valence-electron chi connectivity index (χ0n) is 21.5. The van der Waals surface area contributed by atoms with Crippen LogP contribution in [-0.4, -0.2) is 57.4 Å². The molecule has 0 N–H and O–H groups in total. The van der Waals surface area contributed by atoms with Gasteiger partial charge in [0.2, 0.25) is 0 Å². The second kappa shape index (κ2) is 6.25. The van der Waals surface area contributed by atoms with Crippen LogP contribution in [0.1, 0.15) is 47.0 Å². The van der Waals surface area contributed by atoms with E-state index in [1.807, 2.05) is 0 Å². The lowest BCUT2D eigenvalue weighted by molar-refractivity contribution is -0.602. The Morgan fingerprint density at radius 1 is 0.686 bits per heavy atom. The van der Waals surface area contributed by atoms with Crippen LogP contribution in [0.4, 0.5) is 0 Å². The highest BCUT2D eigenvalue weighted by atomic mass is 16.5. The van der Waals surface area contributed by atoms with Crippen molar-refractivity contribution in [1.29, 1.82) is 0 Å². The van der Waals surface area contributed by atoms with E-state index in [-0.39, 0.29) is 11.1 Å². The standard InChI is InChI=1S/C29H36B2N2O2/c1-28(2)18-34-26-30(22-11-7-5-8-12-22)24-20-15-16-21(17-20)25(24)31(32(26)28,23-13-9-6-10-14-23)33-27(30)35-19-29(33,3)4/h5-14,20-21,24-25H,15-19H2,1-4H3/t20-,21+,24+,25-,30?,31?/m0/s1. The molecule has 4 atom stereocenters. The van der Waals surface area contributed by atoms with Crippen LogP contribution in [0.2, 0.25) is 11.6 Å². The third-order valence-corrected chi connectivity index (χ3v) is 11.3. The fraction of sp³-hybridized carbons (Fsp3) is 0.517. The van der Waals surface area contributed by atoms with Gasteiger partial charge in [-0.25, -0.2) is 0 Å². The molecule has 4 bridgehead atoms. The van der Waals surface area contributed by atoms with Crippen LogP contribution in [0.15, 0.2) is 60.7 Å². The Balaban J connectivity index is 1.60. The topological polar surface area (TPSA) is 24.5 Å². The van der Waals surface area contributed by atoms with E-state index in [4.69, 9.17) is 9.47 Å². The second-order valence-electron chi connectivity index (χ2n) is 13.7. The first-order valence-electron chi connectivity index (χ1n) is 13.9. The van der Waals surface area contributed by atoms with Gasteiger partial charge >= 0.3 is 12.6 Å². The van der Waals surface area contributed by atoms with Gasteiger partial charge in [0.15, 0.2) is 0 Å². The Hall–Kier alpha value is -2.49. The van der Waals surface area contributed by atoms with Crippen LogP contribution >= 0.6 is 0 Å². The average molecular weight is 466 g/mol. The normalized spacial score (nSPS) is 40.9. The lowest BCUT2D eigenvalue weighted by Crippen LogP contribution is -2.89. The molecule has 0 radical (unpaired) electrons. The Kier molecular flexibility index (Phi) is 3.69. The molecule has 2 aromatic carbocycles. The van der Waals surface area contributed by atoms with Gasteiger partial charge in [-0.15, -0.1) is 5.82 Å². The van der Waals surface area contributed by atoms with Gasteiger partial charge < -0.3 is 18.4 Å². The van der Waals surface area contributed by atoms with Gasteiger partial charge in [-0.2, -0.15) is 5.46 Å². The van der Waals surface area contributed by atoms with Crippen LogP contribution < -0.4 is 10.9 Å². The molecule has 0 aromatic heterocycles. The van der Waals surface area contributed by atoms with E-state index in [1.165, 1.54) is 41.8 Å². The fourth-order valence-electron chi connectivity index (χ4n) is 10.8. The largest absolute Gasteiger partial charge is 0.565 e. The van der Waals surface area contributed by atoms with Crippen molar-refractivity contribution in [2.45, 2.75) is 69.7 Å². The van der Waals surface area contributed by atoms with Crippen molar-refractivity contribution in [3.8, 4) is 0 Å². The monoisotopic (exact) mass is 466 g/mol. The molecule has 6 heteroatoms. The summed E-state index contributed by atoms with van der Waals surface area (Å²) in [4.78, 5) is 0. The third kappa shape index (κ3) is 2.09. The van der Waals surface area contributed by atoms with Crippen LogP contribution in [-0.2, 0) is 9.47 Å². The van der Waals surface area contributed by atoms with Crippen LogP contribution in [0, 0.1) is 11.8 Å². The van der Waals surface area contributed by atoms with Crippen molar-refractivity contribution in [3.63, 3.8) is 0 Å². The molecule has 2 fully saturated rings. The molecule has 0 spiro atoms. The van der Waals surface area contributed by atoms with Gasteiger partial charge in [0.1, 0.15) is 35.9 Å². The van der Waals surface area contributed by atoms with Crippen molar-refractivity contribution < 1.29 is 18.4 Å². The minimum Gasteiger partial charge on any atom is -0.478 e. The maximum Gasteiger partial charge on any atom is 0.565 e. The molecule has 0 unspecified atom stereocenters. The van der Waals surface area contributed by atoms with Crippen molar-refractivity contribution in [2.24, 2.45) is 11.8 Å². The first-order chi connectivity index (χ1) is 16.8. The zero-order chi connectivity index (χ0) is 23.8. The van der Waals surface area contributed by atoms with E-state index >= 15 is 0 Å². The number of hydrogen-bond donors (Lipinski definition) is 0. The Morgan fingerprint density at radius 2 is 1.17 bits per heavy atom. The highest BCUT2D eigenvalue weighted by molar-refractivity contribution is 7.33. The third-order valence-electron chi connectivity index (χ3n) is 11.3. The summed E-state index contributed by atoms with van der Waals surface area (Å²) in [5.41, 5.74) is 2.73. The summed E-state index contributed by atoms with van der Waals surface area (Å²) < 4.78 is 19.6. The molecular formula is C29H36B2N2O2. The van der Waals surface area contributed by atoms with Gasteiger partial charge in [0, 0.05) is 0 Å². The highest BCUT2D eigenvalue weighted by Gasteiger charge is 2.84.